The zero-order valence-electron chi connectivity index (χ0n) is 5.42. The van der Waals surface area contributed by atoms with Gasteiger partial charge in [-0.05, 0) is 12.8 Å². The fourth-order valence-corrected chi connectivity index (χ4v) is 1.79. The third-order valence-electron chi connectivity index (χ3n) is 1.88. The summed E-state index contributed by atoms with van der Waals surface area (Å²) >= 11 is 3.21. The van der Waals surface area contributed by atoms with E-state index in [1.807, 2.05) is 0 Å². The summed E-state index contributed by atoms with van der Waals surface area (Å²) < 4.78 is 0. The highest BCUT2D eigenvalue weighted by molar-refractivity contribution is 9.09. The van der Waals surface area contributed by atoms with Crippen LogP contribution in [-0.4, -0.2) is 26.7 Å². The molecule has 1 aliphatic carbocycles. The van der Waals surface area contributed by atoms with Gasteiger partial charge in [0.2, 0.25) is 0 Å². The van der Waals surface area contributed by atoms with E-state index in [1.54, 1.807) is 0 Å². The topological polar surface area (TPSA) is 40.5 Å². The molecule has 1 aliphatic rings. The lowest BCUT2D eigenvalue weighted by Crippen LogP contribution is -2.38. The number of terminal acetylenes is 1. The number of halogens is 1. The molecule has 3 atom stereocenters. The second-order valence-electron chi connectivity index (χ2n) is 2.57. The van der Waals surface area contributed by atoms with Crippen LogP contribution in [0.25, 0.3) is 0 Å². The molecule has 2 N–H and O–H groups in total. The van der Waals surface area contributed by atoms with Gasteiger partial charge < -0.3 is 10.2 Å². The molecule has 0 spiro atoms. The third kappa shape index (κ3) is 1.07. The molecule has 10 heavy (non-hydrogen) atoms. The van der Waals surface area contributed by atoms with Crippen LogP contribution in [0, 0.1) is 12.3 Å². The van der Waals surface area contributed by atoms with Crippen LogP contribution in [0.3, 0.4) is 0 Å². The SMILES string of the molecule is C#CC1(O)CCC(Br)C1O. The minimum Gasteiger partial charge on any atom is -0.388 e. The van der Waals surface area contributed by atoms with Crippen LogP contribution in [0.2, 0.25) is 0 Å². The first kappa shape index (κ1) is 8.06. The first-order valence-electron chi connectivity index (χ1n) is 3.12. The fraction of sp³-hybridized carbons (Fsp3) is 0.714. The van der Waals surface area contributed by atoms with Crippen LogP contribution in [0.15, 0.2) is 0 Å². The molecule has 0 radical (unpaired) electrons. The van der Waals surface area contributed by atoms with Crippen molar-refractivity contribution in [3.63, 3.8) is 0 Å². The summed E-state index contributed by atoms with van der Waals surface area (Å²) in [4.78, 5) is -0.0615. The van der Waals surface area contributed by atoms with Crippen molar-refractivity contribution >= 4 is 15.9 Å². The average Bonchev–Trinajstić information content (AvgIpc) is 2.19. The molecular weight excluding hydrogens is 196 g/mol. The number of aliphatic hydroxyl groups excluding tert-OH is 1. The maximum Gasteiger partial charge on any atom is 0.151 e. The molecule has 0 aromatic heterocycles. The second-order valence-corrected chi connectivity index (χ2v) is 3.74. The second kappa shape index (κ2) is 2.54. The van der Waals surface area contributed by atoms with E-state index in [0.717, 1.165) is 6.42 Å². The highest BCUT2D eigenvalue weighted by Crippen LogP contribution is 2.33. The van der Waals surface area contributed by atoms with Gasteiger partial charge >= 0.3 is 0 Å². The summed E-state index contributed by atoms with van der Waals surface area (Å²) in [5.74, 6) is 2.20. The normalized spacial score (nSPS) is 47.0. The quantitative estimate of drug-likeness (QED) is 0.440. The van der Waals surface area contributed by atoms with E-state index in [1.165, 1.54) is 0 Å². The van der Waals surface area contributed by atoms with E-state index in [2.05, 4.69) is 21.9 Å². The maximum absolute atomic E-state index is 9.42. The molecule has 1 saturated carbocycles. The first-order valence-corrected chi connectivity index (χ1v) is 4.04. The van der Waals surface area contributed by atoms with E-state index in [9.17, 15) is 10.2 Å². The minimum atomic E-state index is -1.30. The summed E-state index contributed by atoms with van der Waals surface area (Å²) in [6.07, 6.45) is 5.41. The van der Waals surface area contributed by atoms with Crippen molar-refractivity contribution in [1.82, 2.24) is 0 Å². The van der Waals surface area contributed by atoms with Crippen molar-refractivity contribution in [3.8, 4) is 12.3 Å². The molecule has 0 aromatic carbocycles. The lowest BCUT2D eigenvalue weighted by molar-refractivity contribution is -0.00548. The predicted molar refractivity (Wildman–Crippen MR) is 41.7 cm³/mol. The molecule has 56 valence electrons. The monoisotopic (exact) mass is 204 g/mol. The number of hydrogen-bond donors (Lipinski definition) is 2. The zero-order chi connectivity index (χ0) is 7.78. The van der Waals surface area contributed by atoms with Crippen molar-refractivity contribution in [2.45, 2.75) is 29.4 Å². The number of hydrogen-bond acceptors (Lipinski definition) is 2. The van der Waals surface area contributed by atoms with E-state index in [-0.39, 0.29) is 4.83 Å². The molecule has 0 amide bonds. The largest absolute Gasteiger partial charge is 0.388 e. The lowest BCUT2D eigenvalue weighted by Gasteiger charge is -2.20. The Balaban J connectivity index is 2.76. The summed E-state index contributed by atoms with van der Waals surface area (Å²) in [7, 11) is 0. The highest BCUT2D eigenvalue weighted by atomic mass is 79.9. The molecule has 2 nitrogen and oxygen atoms in total. The average molecular weight is 205 g/mol. The van der Waals surface area contributed by atoms with Crippen LogP contribution in [0.5, 0.6) is 0 Å². The first-order chi connectivity index (χ1) is 4.60. The van der Waals surface area contributed by atoms with Crippen LogP contribution >= 0.6 is 15.9 Å². The van der Waals surface area contributed by atoms with Gasteiger partial charge in [-0.25, -0.2) is 0 Å². The summed E-state index contributed by atoms with van der Waals surface area (Å²) in [6.45, 7) is 0. The maximum atomic E-state index is 9.42. The summed E-state index contributed by atoms with van der Waals surface area (Å²) in [6, 6.07) is 0. The van der Waals surface area contributed by atoms with Gasteiger partial charge in [0, 0.05) is 4.83 Å². The van der Waals surface area contributed by atoms with Gasteiger partial charge in [-0.3, -0.25) is 0 Å². The van der Waals surface area contributed by atoms with Crippen LogP contribution in [0.4, 0.5) is 0 Å². The van der Waals surface area contributed by atoms with E-state index in [4.69, 9.17) is 6.42 Å². The molecule has 3 heteroatoms. The van der Waals surface area contributed by atoms with Crippen molar-refractivity contribution in [2.24, 2.45) is 0 Å². The molecule has 1 rings (SSSR count). The van der Waals surface area contributed by atoms with Crippen molar-refractivity contribution in [1.29, 1.82) is 0 Å². The molecule has 1 fully saturated rings. The van der Waals surface area contributed by atoms with Gasteiger partial charge in [-0.2, -0.15) is 0 Å². The molecule has 0 heterocycles. The third-order valence-corrected chi connectivity index (χ3v) is 2.84. The number of aliphatic hydroxyl groups is 2. The predicted octanol–water partition coefficient (Wildman–Crippen LogP) is 0.269. The highest BCUT2D eigenvalue weighted by Gasteiger charge is 2.44. The summed E-state index contributed by atoms with van der Waals surface area (Å²) in [5.41, 5.74) is -1.30. The van der Waals surface area contributed by atoms with Gasteiger partial charge in [-0.1, -0.05) is 21.9 Å². The Hall–Kier alpha value is -0.0400. The van der Waals surface area contributed by atoms with Crippen LogP contribution in [-0.2, 0) is 0 Å². The molecule has 0 saturated heterocycles. The van der Waals surface area contributed by atoms with Gasteiger partial charge in [-0.15, -0.1) is 6.42 Å². The van der Waals surface area contributed by atoms with E-state index < -0.39 is 11.7 Å². The van der Waals surface area contributed by atoms with Crippen molar-refractivity contribution in [2.75, 3.05) is 0 Å². The van der Waals surface area contributed by atoms with Crippen molar-refractivity contribution in [3.05, 3.63) is 0 Å². The van der Waals surface area contributed by atoms with Gasteiger partial charge in [0.25, 0.3) is 0 Å². The fourth-order valence-electron chi connectivity index (χ4n) is 1.12. The number of alkyl halides is 1. The zero-order valence-corrected chi connectivity index (χ0v) is 7.00. The lowest BCUT2D eigenvalue weighted by atomic mass is 10.0. The Morgan fingerprint density at radius 1 is 1.70 bits per heavy atom. The van der Waals surface area contributed by atoms with E-state index >= 15 is 0 Å². The van der Waals surface area contributed by atoms with Gasteiger partial charge in [0.15, 0.2) is 5.60 Å². The van der Waals surface area contributed by atoms with Gasteiger partial charge in [0.1, 0.15) is 6.10 Å². The Morgan fingerprint density at radius 2 is 2.30 bits per heavy atom. The Morgan fingerprint density at radius 3 is 2.50 bits per heavy atom. The van der Waals surface area contributed by atoms with Crippen LogP contribution < -0.4 is 0 Å². The molecule has 0 aromatic rings. The number of rotatable bonds is 0. The van der Waals surface area contributed by atoms with E-state index in [0.29, 0.717) is 6.42 Å². The smallest absolute Gasteiger partial charge is 0.151 e. The molecule has 3 unspecified atom stereocenters. The summed E-state index contributed by atoms with van der Waals surface area (Å²) in [5, 5.41) is 18.7. The molecule has 0 bridgehead atoms. The minimum absolute atomic E-state index is 0.0615. The molecule has 0 aliphatic heterocycles. The molecular formula is C7H9BrO2. The van der Waals surface area contributed by atoms with Gasteiger partial charge in [0.05, 0.1) is 0 Å². The van der Waals surface area contributed by atoms with Crippen molar-refractivity contribution < 1.29 is 10.2 Å². The van der Waals surface area contributed by atoms with Crippen LogP contribution in [0.1, 0.15) is 12.8 Å². The Kier molecular flexibility index (Phi) is 2.04. The Bertz CT molecular complexity index is 175. The standard InChI is InChI=1S/C7H9BrO2/c1-2-7(10)4-3-5(8)6(7)9/h1,5-6,9-10H,3-4H2. The Labute approximate surface area is 68.4 Å².